The second kappa shape index (κ2) is 8.82. The highest BCUT2D eigenvalue weighted by Crippen LogP contribution is 2.59. The zero-order chi connectivity index (χ0) is 25.1. The Morgan fingerprint density at radius 1 is 1.06 bits per heavy atom. The van der Waals surface area contributed by atoms with E-state index in [1.807, 2.05) is 6.07 Å². The smallest absolute Gasteiger partial charge is 0.251 e. The van der Waals surface area contributed by atoms with Gasteiger partial charge in [-0.3, -0.25) is 9.59 Å². The van der Waals surface area contributed by atoms with Crippen molar-refractivity contribution < 1.29 is 18.0 Å². The number of hydrogen-bond acceptors (Lipinski definition) is 5. The number of nitrogens with one attached hydrogen (secondary N) is 2. The van der Waals surface area contributed by atoms with E-state index in [-0.39, 0.29) is 35.2 Å². The molecule has 0 atom stereocenters. The highest BCUT2D eigenvalue weighted by molar-refractivity contribution is 7.89. The molecule has 4 aliphatic carbocycles. The maximum Gasteiger partial charge on any atom is 0.251 e. The van der Waals surface area contributed by atoms with E-state index in [0.717, 1.165) is 34.7 Å². The van der Waals surface area contributed by atoms with E-state index in [2.05, 4.69) is 17.2 Å². The van der Waals surface area contributed by atoms with Crippen molar-refractivity contribution in [3.05, 3.63) is 59.0 Å². The third-order valence-electron chi connectivity index (χ3n) is 8.54. The van der Waals surface area contributed by atoms with Gasteiger partial charge in [0.2, 0.25) is 15.9 Å². The number of nitrogens with zero attached hydrogens (tertiary/aromatic N) is 1. The summed E-state index contributed by atoms with van der Waals surface area (Å²) in [6, 6.07) is 8.08. The fraction of sp³-hybridized carbons (Fsp3) is 0.481. The van der Waals surface area contributed by atoms with Crippen LogP contribution in [0.15, 0.2) is 47.9 Å². The quantitative estimate of drug-likeness (QED) is 0.520. The molecule has 9 heteroatoms. The molecular weight excluding hydrogens is 494 g/mol. The Balaban J connectivity index is 1.08. The molecule has 0 spiro atoms. The van der Waals surface area contributed by atoms with Gasteiger partial charge in [0.1, 0.15) is 0 Å². The van der Waals surface area contributed by atoms with E-state index in [0.29, 0.717) is 10.6 Å². The van der Waals surface area contributed by atoms with Gasteiger partial charge in [0, 0.05) is 30.1 Å². The van der Waals surface area contributed by atoms with Crippen molar-refractivity contribution in [1.82, 2.24) is 9.62 Å². The molecule has 7 rings (SSSR count). The van der Waals surface area contributed by atoms with Crippen molar-refractivity contribution in [1.29, 1.82) is 0 Å². The van der Waals surface area contributed by atoms with Gasteiger partial charge in [0.25, 0.3) is 5.91 Å². The minimum absolute atomic E-state index is 0.132. The zero-order valence-corrected chi connectivity index (χ0v) is 21.8. The lowest BCUT2D eigenvalue weighted by Gasteiger charge is -2.56. The predicted molar refractivity (Wildman–Crippen MR) is 139 cm³/mol. The lowest BCUT2D eigenvalue weighted by molar-refractivity contribution is -0.111. The summed E-state index contributed by atoms with van der Waals surface area (Å²) in [5, 5.41) is 6.58. The monoisotopic (exact) mass is 525 g/mol. The summed E-state index contributed by atoms with van der Waals surface area (Å²) in [4.78, 5) is 25.5. The second-order valence-corrected chi connectivity index (χ2v) is 14.2. The molecule has 190 valence electrons. The van der Waals surface area contributed by atoms with Crippen molar-refractivity contribution in [2.75, 3.05) is 11.9 Å². The molecule has 1 aliphatic heterocycles. The second-order valence-electron chi connectivity index (χ2n) is 11.2. The number of carbonyl (C=O) groups is 2. The van der Waals surface area contributed by atoms with Crippen molar-refractivity contribution in [2.45, 2.75) is 56.5 Å². The van der Waals surface area contributed by atoms with Gasteiger partial charge in [0.15, 0.2) is 0 Å². The number of benzene rings is 1. The van der Waals surface area contributed by atoms with E-state index < -0.39 is 10.0 Å². The number of fused-ring (bicyclic) bond motifs is 1. The minimum atomic E-state index is -3.70. The molecule has 0 saturated heterocycles. The molecule has 7 nitrogen and oxygen atoms in total. The van der Waals surface area contributed by atoms with Crippen LogP contribution in [0.3, 0.4) is 0 Å². The van der Waals surface area contributed by atoms with Crippen LogP contribution in [0.5, 0.6) is 0 Å². The molecule has 0 unspecified atom stereocenters. The molecule has 1 aromatic carbocycles. The van der Waals surface area contributed by atoms with Crippen molar-refractivity contribution in [3.8, 4) is 0 Å². The molecule has 2 N–H and O–H groups in total. The van der Waals surface area contributed by atoms with Gasteiger partial charge in [-0.2, -0.15) is 4.31 Å². The van der Waals surface area contributed by atoms with Gasteiger partial charge < -0.3 is 10.6 Å². The first-order valence-electron chi connectivity index (χ1n) is 12.7. The van der Waals surface area contributed by atoms with Crippen LogP contribution < -0.4 is 10.6 Å². The number of sulfonamides is 1. The molecule has 2 amide bonds. The maximum atomic E-state index is 13.2. The summed E-state index contributed by atoms with van der Waals surface area (Å²) < 4.78 is 27.9. The molecule has 5 aliphatic rings. The highest BCUT2D eigenvalue weighted by atomic mass is 32.2. The Morgan fingerprint density at radius 2 is 1.69 bits per heavy atom. The lowest BCUT2D eigenvalue weighted by Crippen LogP contribution is -2.51. The normalized spacial score (nSPS) is 28.6. The molecule has 4 saturated carbocycles. The number of amides is 2. The van der Waals surface area contributed by atoms with Crippen LogP contribution in [0, 0.1) is 23.2 Å². The molecule has 2 heterocycles. The van der Waals surface area contributed by atoms with Crippen LogP contribution in [0.25, 0.3) is 0 Å². The van der Waals surface area contributed by atoms with Crippen LogP contribution in [0.1, 0.15) is 59.3 Å². The lowest BCUT2D eigenvalue weighted by atomic mass is 9.49. The Bertz CT molecular complexity index is 1270. The van der Waals surface area contributed by atoms with Crippen molar-refractivity contribution in [2.24, 2.45) is 23.2 Å². The average molecular weight is 526 g/mol. The molecular formula is C27H31N3O4S2. The summed E-state index contributed by atoms with van der Waals surface area (Å²) in [6.07, 6.45) is 9.04. The van der Waals surface area contributed by atoms with Crippen LogP contribution in [0.2, 0.25) is 0 Å². The van der Waals surface area contributed by atoms with E-state index in [4.69, 9.17) is 0 Å². The number of thiophene rings is 1. The van der Waals surface area contributed by atoms with Gasteiger partial charge in [-0.1, -0.05) is 6.58 Å². The van der Waals surface area contributed by atoms with Crippen LogP contribution in [-0.4, -0.2) is 31.1 Å². The molecule has 4 bridgehead atoms. The third kappa shape index (κ3) is 4.31. The van der Waals surface area contributed by atoms with Gasteiger partial charge in [-0.05, 0) is 104 Å². The zero-order valence-electron chi connectivity index (χ0n) is 20.2. The summed E-state index contributed by atoms with van der Waals surface area (Å²) >= 11 is 1.37. The van der Waals surface area contributed by atoms with Gasteiger partial charge in [-0.15, -0.1) is 11.3 Å². The number of hydrogen-bond donors (Lipinski definition) is 2. The average Bonchev–Trinajstić information content (AvgIpc) is 3.41. The first-order valence-corrected chi connectivity index (χ1v) is 14.9. The number of carbonyl (C=O) groups excluding carboxylic acids is 2. The minimum Gasteiger partial charge on any atom is -0.351 e. The van der Waals surface area contributed by atoms with Crippen molar-refractivity contribution >= 4 is 38.2 Å². The topological polar surface area (TPSA) is 95.6 Å². The number of anilines is 1. The van der Waals surface area contributed by atoms with Gasteiger partial charge in [0.05, 0.1) is 9.90 Å². The Labute approximate surface area is 216 Å². The summed E-state index contributed by atoms with van der Waals surface area (Å²) in [5.74, 6) is 2.09. The molecule has 0 radical (unpaired) electrons. The maximum absolute atomic E-state index is 13.2. The first-order chi connectivity index (χ1) is 17.2. The summed E-state index contributed by atoms with van der Waals surface area (Å²) in [7, 11) is -3.70. The van der Waals surface area contributed by atoms with Crippen molar-refractivity contribution in [3.63, 3.8) is 0 Å². The van der Waals surface area contributed by atoms with E-state index >= 15 is 0 Å². The van der Waals surface area contributed by atoms with Gasteiger partial charge in [-0.25, -0.2) is 8.42 Å². The molecule has 36 heavy (non-hydrogen) atoms. The highest BCUT2D eigenvalue weighted by Gasteiger charge is 2.50. The fourth-order valence-electron chi connectivity index (χ4n) is 7.35. The molecule has 1 aromatic heterocycles. The van der Waals surface area contributed by atoms with Crippen LogP contribution >= 0.6 is 11.3 Å². The number of rotatable bonds is 7. The largest absolute Gasteiger partial charge is 0.351 e. The van der Waals surface area contributed by atoms with E-state index in [1.54, 1.807) is 12.1 Å². The standard InChI is InChI=1S/C27H31N3O4S2/c1-2-24(31)29-25-10-21-14-30(15-23(21)35-25)36(33,34)22-5-3-20(4-6-22)26(32)28-16-27-11-17-7-18(12-27)9-19(8-17)13-27/h2-6,10,17-19H,1,7-9,11-16H2,(H,28,32)(H,29,31). The Morgan fingerprint density at radius 3 is 2.28 bits per heavy atom. The van der Waals surface area contributed by atoms with E-state index in [9.17, 15) is 18.0 Å². The SMILES string of the molecule is C=CC(=O)Nc1cc2c(s1)CN(S(=O)(=O)c1ccc(C(=O)NCC34CC5CC(CC(C5)C3)C4)cc1)C2. The molecule has 2 aromatic rings. The van der Waals surface area contributed by atoms with Crippen LogP contribution in [-0.2, 0) is 27.9 Å². The van der Waals surface area contributed by atoms with Crippen LogP contribution in [0.4, 0.5) is 5.00 Å². The fourth-order valence-corrected chi connectivity index (χ4v) is 9.91. The predicted octanol–water partition coefficient (Wildman–Crippen LogP) is 4.52. The molecule has 4 fully saturated rings. The summed E-state index contributed by atoms with van der Waals surface area (Å²) in [5.41, 5.74) is 1.64. The first kappa shape index (κ1) is 23.9. The van der Waals surface area contributed by atoms with E-state index in [1.165, 1.54) is 72.4 Å². The Kier molecular flexibility index (Phi) is 5.85. The van der Waals surface area contributed by atoms with Gasteiger partial charge >= 0.3 is 0 Å². The summed E-state index contributed by atoms with van der Waals surface area (Å²) in [6.45, 7) is 4.68. The third-order valence-corrected chi connectivity index (χ3v) is 11.4. The Hall–Kier alpha value is -2.49.